The summed E-state index contributed by atoms with van der Waals surface area (Å²) in [5.74, 6) is 0.244. The van der Waals surface area contributed by atoms with Gasteiger partial charge in [0.05, 0.1) is 6.61 Å². The molecule has 0 radical (unpaired) electrons. The third-order valence-corrected chi connectivity index (χ3v) is 3.15. The average molecular weight is 286 g/mol. The number of aryl methyl sites for hydroxylation is 1. The van der Waals surface area contributed by atoms with E-state index in [1.807, 2.05) is 36.4 Å². The van der Waals surface area contributed by atoms with Crippen LogP contribution in [0.25, 0.3) is 0 Å². The molecule has 110 valence electrons. The molecular formula is C17H18O4. The summed E-state index contributed by atoms with van der Waals surface area (Å²) in [5.41, 5.74) is 2.09. The first-order chi connectivity index (χ1) is 10.1. The van der Waals surface area contributed by atoms with Crippen molar-refractivity contribution in [2.24, 2.45) is 0 Å². The van der Waals surface area contributed by atoms with Crippen molar-refractivity contribution < 1.29 is 19.7 Å². The molecule has 0 spiro atoms. The quantitative estimate of drug-likeness (QED) is 0.821. The van der Waals surface area contributed by atoms with Crippen molar-refractivity contribution in [2.45, 2.75) is 19.3 Å². The van der Waals surface area contributed by atoms with Crippen LogP contribution in [-0.4, -0.2) is 22.8 Å². The minimum Gasteiger partial charge on any atom is -0.508 e. The molecule has 0 fully saturated rings. The Bertz CT molecular complexity index is 573. The number of carboxylic acids is 1. The van der Waals surface area contributed by atoms with Gasteiger partial charge in [-0.25, -0.2) is 0 Å². The summed E-state index contributed by atoms with van der Waals surface area (Å²) in [6.07, 6.45) is 1.44. The van der Waals surface area contributed by atoms with E-state index >= 15 is 0 Å². The smallest absolute Gasteiger partial charge is 0.303 e. The third kappa shape index (κ3) is 5.18. The first-order valence-electron chi connectivity index (χ1n) is 6.85. The molecule has 0 atom stereocenters. The Morgan fingerprint density at radius 3 is 2.10 bits per heavy atom. The molecule has 2 rings (SSSR count). The highest BCUT2D eigenvalue weighted by Gasteiger charge is 2.00. The zero-order valence-corrected chi connectivity index (χ0v) is 11.7. The molecule has 21 heavy (non-hydrogen) atoms. The number of aromatic hydroxyl groups is 1. The lowest BCUT2D eigenvalue weighted by Gasteiger charge is -2.07. The molecule has 0 saturated carbocycles. The van der Waals surface area contributed by atoms with Crippen molar-refractivity contribution in [3.05, 3.63) is 59.7 Å². The number of carboxylic acid groups (broad SMARTS) is 1. The summed E-state index contributed by atoms with van der Waals surface area (Å²) in [5, 5.41) is 17.8. The van der Waals surface area contributed by atoms with Gasteiger partial charge < -0.3 is 14.9 Å². The molecular weight excluding hydrogens is 268 g/mol. The zero-order chi connectivity index (χ0) is 15.1. The van der Waals surface area contributed by atoms with Crippen LogP contribution in [0, 0.1) is 0 Å². The lowest BCUT2D eigenvalue weighted by Crippen LogP contribution is -2.01. The third-order valence-electron chi connectivity index (χ3n) is 3.15. The number of hydrogen-bond donors (Lipinski definition) is 2. The average Bonchev–Trinajstić information content (AvgIpc) is 2.48. The second-order valence-corrected chi connectivity index (χ2v) is 4.80. The Labute approximate surface area is 123 Å². The molecule has 4 heteroatoms. The molecule has 0 aromatic heterocycles. The van der Waals surface area contributed by atoms with Crippen LogP contribution in [0.5, 0.6) is 11.5 Å². The van der Waals surface area contributed by atoms with Gasteiger partial charge in [-0.1, -0.05) is 24.3 Å². The number of rotatable bonds is 7. The van der Waals surface area contributed by atoms with Crippen LogP contribution < -0.4 is 4.74 Å². The fourth-order valence-corrected chi connectivity index (χ4v) is 1.95. The number of hydrogen-bond acceptors (Lipinski definition) is 3. The molecule has 2 aromatic rings. The number of ether oxygens (including phenoxy) is 1. The molecule has 0 saturated heterocycles. The number of carbonyl (C=O) groups is 1. The summed E-state index contributed by atoms with van der Waals surface area (Å²) >= 11 is 0. The monoisotopic (exact) mass is 286 g/mol. The molecule has 4 nitrogen and oxygen atoms in total. The van der Waals surface area contributed by atoms with E-state index in [1.165, 1.54) is 0 Å². The summed E-state index contributed by atoms with van der Waals surface area (Å²) < 4.78 is 5.64. The van der Waals surface area contributed by atoms with E-state index in [4.69, 9.17) is 9.84 Å². The highest BCUT2D eigenvalue weighted by Crippen LogP contribution is 2.15. The molecule has 0 aliphatic rings. The van der Waals surface area contributed by atoms with Gasteiger partial charge in [-0.05, 0) is 41.8 Å². The van der Waals surface area contributed by atoms with Crippen molar-refractivity contribution in [2.75, 3.05) is 6.61 Å². The topological polar surface area (TPSA) is 66.8 Å². The standard InChI is InChI=1S/C17H18O4/c18-15-6-1-14(2-7-15)11-12-21-16-8-3-13(4-9-16)5-10-17(19)20/h1-4,6-9,18H,5,10-12H2,(H,19,20). The summed E-state index contributed by atoms with van der Waals surface area (Å²) in [4.78, 5) is 10.5. The molecule has 0 unspecified atom stereocenters. The van der Waals surface area contributed by atoms with E-state index in [9.17, 15) is 9.90 Å². The number of aliphatic carboxylic acids is 1. The number of phenols is 1. The maximum atomic E-state index is 10.5. The first kappa shape index (κ1) is 14.9. The van der Waals surface area contributed by atoms with Crippen LogP contribution in [0.4, 0.5) is 0 Å². The number of phenolic OH excluding ortho intramolecular Hbond substituents is 1. The van der Waals surface area contributed by atoms with Crippen molar-refractivity contribution in [3.8, 4) is 11.5 Å². The molecule has 2 aromatic carbocycles. The van der Waals surface area contributed by atoms with Gasteiger partial charge in [0.1, 0.15) is 11.5 Å². The highest BCUT2D eigenvalue weighted by atomic mass is 16.5. The van der Waals surface area contributed by atoms with Gasteiger partial charge in [0.2, 0.25) is 0 Å². The zero-order valence-electron chi connectivity index (χ0n) is 11.7. The predicted octanol–water partition coefficient (Wildman–Crippen LogP) is 3.03. The molecule has 0 amide bonds. The van der Waals surface area contributed by atoms with Gasteiger partial charge in [-0.15, -0.1) is 0 Å². The van der Waals surface area contributed by atoms with E-state index in [0.29, 0.717) is 13.0 Å². The second kappa shape index (κ2) is 7.33. The van der Waals surface area contributed by atoms with E-state index < -0.39 is 5.97 Å². The molecule has 0 bridgehead atoms. The van der Waals surface area contributed by atoms with Crippen molar-refractivity contribution >= 4 is 5.97 Å². The minimum atomic E-state index is -0.788. The lowest BCUT2D eigenvalue weighted by molar-refractivity contribution is -0.136. The van der Waals surface area contributed by atoms with Crippen molar-refractivity contribution in [1.82, 2.24) is 0 Å². The van der Waals surface area contributed by atoms with Crippen molar-refractivity contribution in [1.29, 1.82) is 0 Å². The Morgan fingerprint density at radius 1 is 0.905 bits per heavy atom. The SMILES string of the molecule is O=C(O)CCc1ccc(OCCc2ccc(O)cc2)cc1. The van der Waals surface area contributed by atoms with Crippen LogP contribution >= 0.6 is 0 Å². The Hall–Kier alpha value is -2.49. The van der Waals surface area contributed by atoms with Gasteiger partial charge in [0.25, 0.3) is 0 Å². The fraction of sp³-hybridized carbons (Fsp3) is 0.235. The molecule has 2 N–H and O–H groups in total. The summed E-state index contributed by atoms with van der Waals surface area (Å²) in [6, 6.07) is 14.5. The summed E-state index contributed by atoms with van der Waals surface area (Å²) in [7, 11) is 0. The Balaban J connectivity index is 1.78. The molecule has 0 heterocycles. The van der Waals surface area contributed by atoms with Crippen molar-refractivity contribution in [3.63, 3.8) is 0 Å². The van der Waals surface area contributed by atoms with Crippen LogP contribution in [0.15, 0.2) is 48.5 Å². The van der Waals surface area contributed by atoms with Crippen LogP contribution in [0.2, 0.25) is 0 Å². The Morgan fingerprint density at radius 2 is 1.48 bits per heavy atom. The normalized spacial score (nSPS) is 10.3. The largest absolute Gasteiger partial charge is 0.508 e. The van der Waals surface area contributed by atoms with Gasteiger partial charge in [0.15, 0.2) is 0 Å². The fourth-order valence-electron chi connectivity index (χ4n) is 1.95. The van der Waals surface area contributed by atoms with Gasteiger partial charge >= 0.3 is 5.97 Å². The highest BCUT2D eigenvalue weighted by molar-refractivity contribution is 5.67. The minimum absolute atomic E-state index is 0.140. The van der Waals surface area contributed by atoms with E-state index in [2.05, 4.69) is 0 Å². The number of benzene rings is 2. The van der Waals surface area contributed by atoms with Crippen LogP contribution in [0.1, 0.15) is 17.5 Å². The van der Waals surface area contributed by atoms with Gasteiger partial charge in [0, 0.05) is 12.8 Å². The second-order valence-electron chi connectivity index (χ2n) is 4.80. The Kier molecular flexibility index (Phi) is 5.21. The lowest BCUT2D eigenvalue weighted by atomic mass is 10.1. The van der Waals surface area contributed by atoms with Crippen LogP contribution in [0.3, 0.4) is 0 Å². The van der Waals surface area contributed by atoms with Gasteiger partial charge in [-0.3, -0.25) is 4.79 Å². The maximum absolute atomic E-state index is 10.5. The summed E-state index contributed by atoms with van der Waals surface area (Å²) in [6.45, 7) is 0.555. The maximum Gasteiger partial charge on any atom is 0.303 e. The van der Waals surface area contributed by atoms with Gasteiger partial charge in [-0.2, -0.15) is 0 Å². The van der Waals surface area contributed by atoms with E-state index in [1.54, 1.807) is 12.1 Å². The predicted molar refractivity (Wildman–Crippen MR) is 79.7 cm³/mol. The van der Waals surface area contributed by atoms with E-state index in [0.717, 1.165) is 23.3 Å². The molecule has 0 aliphatic heterocycles. The molecule has 0 aliphatic carbocycles. The van der Waals surface area contributed by atoms with Crippen LogP contribution in [-0.2, 0) is 17.6 Å². The van der Waals surface area contributed by atoms with E-state index in [-0.39, 0.29) is 12.2 Å². The first-order valence-corrected chi connectivity index (χ1v) is 6.85.